The SMILES string of the molecule is O=C(NCCn1nc(-n2cncn2)ccc1=O)C1CCC1. The molecule has 1 N–H and O–H groups in total. The third kappa shape index (κ3) is 2.99. The largest absolute Gasteiger partial charge is 0.354 e. The summed E-state index contributed by atoms with van der Waals surface area (Å²) in [4.78, 5) is 27.3. The van der Waals surface area contributed by atoms with Gasteiger partial charge in [-0.05, 0) is 18.9 Å². The average Bonchev–Trinajstić information content (AvgIpc) is 2.93. The second-order valence-corrected chi connectivity index (χ2v) is 5.01. The maximum atomic E-state index is 11.8. The second kappa shape index (κ2) is 5.86. The highest BCUT2D eigenvalue weighted by Gasteiger charge is 2.24. The van der Waals surface area contributed by atoms with Gasteiger partial charge in [0.15, 0.2) is 5.82 Å². The third-order valence-electron chi connectivity index (χ3n) is 3.60. The number of carbonyl (C=O) groups is 1. The van der Waals surface area contributed by atoms with Gasteiger partial charge >= 0.3 is 0 Å². The zero-order valence-corrected chi connectivity index (χ0v) is 11.5. The maximum absolute atomic E-state index is 11.8. The molecule has 21 heavy (non-hydrogen) atoms. The van der Waals surface area contributed by atoms with Crippen molar-refractivity contribution in [2.75, 3.05) is 6.54 Å². The molecule has 2 heterocycles. The van der Waals surface area contributed by atoms with Crippen molar-refractivity contribution < 1.29 is 4.79 Å². The van der Waals surface area contributed by atoms with Crippen LogP contribution >= 0.6 is 0 Å². The highest BCUT2D eigenvalue weighted by molar-refractivity contribution is 5.79. The van der Waals surface area contributed by atoms with Gasteiger partial charge in [0.1, 0.15) is 12.7 Å². The van der Waals surface area contributed by atoms with Crippen LogP contribution in [0.4, 0.5) is 0 Å². The molecule has 1 amide bonds. The first-order valence-electron chi connectivity index (χ1n) is 6.95. The molecule has 0 spiro atoms. The summed E-state index contributed by atoms with van der Waals surface area (Å²) in [7, 11) is 0. The van der Waals surface area contributed by atoms with Crippen molar-refractivity contribution in [2.45, 2.75) is 25.8 Å². The lowest BCUT2D eigenvalue weighted by molar-refractivity contribution is -0.127. The molecule has 110 valence electrons. The Bertz CT molecular complexity index is 674. The monoisotopic (exact) mass is 288 g/mol. The molecular formula is C13H16N6O2. The van der Waals surface area contributed by atoms with Gasteiger partial charge in [-0.2, -0.15) is 5.10 Å². The summed E-state index contributed by atoms with van der Waals surface area (Å²) in [6.45, 7) is 0.725. The molecule has 1 saturated carbocycles. The molecule has 3 rings (SSSR count). The first-order chi connectivity index (χ1) is 10.2. The number of nitrogens with zero attached hydrogens (tertiary/aromatic N) is 5. The van der Waals surface area contributed by atoms with Crippen LogP contribution in [0, 0.1) is 5.92 Å². The van der Waals surface area contributed by atoms with E-state index in [-0.39, 0.29) is 17.4 Å². The maximum Gasteiger partial charge on any atom is 0.266 e. The quantitative estimate of drug-likeness (QED) is 0.818. The lowest BCUT2D eigenvalue weighted by Crippen LogP contribution is -2.37. The molecule has 1 aliphatic carbocycles. The molecule has 8 heteroatoms. The molecule has 1 fully saturated rings. The minimum atomic E-state index is -0.211. The Labute approximate surface area is 120 Å². The number of hydrogen-bond acceptors (Lipinski definition) is 5. The van der Waals surface area contributed by atoms with Crippen LogP contribution in [0.5, 0.6) is 0 Å². The Morgan fingerprint density at radius 1 is 1.38 bits per heavy atom. The van der Waals surface area contributed by atoms with E-state index in [1.54, 1.807) is 6.07 Å². The van der Waals surface area contributed by atoms with E-state index in [1.165, 1.54) is 28.1 Å². The molecule has 0 atom stereocenters. The fourth-order valence-corrected chi connectivity index (χ4v) is 2.15. The lowest BCUT2D eigenvalue weighted by atomic mass is 9.85. The topological polar surface area (TPSA) is 94.7 Å². The van der Waals surface area contributed by atoms with E-state index in [2.05, 4.69) is 20.5 Å². The summed E-state index contributed by atoms with van der Waals surface area (Å²) < 4.78 is 2.79. The molecule has 2 aromatic rings. The van der Waals surface area contributed by atoms with Crippen LogP contribution in [0.25, 0.3) is 5.82 Å². The lowest BCUT2D eigenvalue weighted by Gasteiger charge is -2.24. The zero-order valence-electron chi connectivity index (χ0n) is 11.5. The summed E-state index contributed by atoms with van der Waals surface area (Å²) in [6.07, 6.45) is 5.96. The van der Waals surface area contributed by atoms with Crippen molar-refractivity contribution in [3.05, 3.63) is 35.1 Å². The molecule has 1 aliphatic rings. The van der Waals surface area contributed by atoms with E-state index in [0.29, 0.717) is 18.9 Å². The van der Waals surface area contributed by atoms with Gasteiger partial charge in [0.25, 0.3) is 5.56 Å². The van der Waals surface area contributed by atoms with Crippen molar-refractivity contribution >= 4 is 5.91 Å². The van der Waals surface area contributed by atoms with E-state index < -0.39 is 0 Å². The molecule has 0 bridgehead atoms. The van der Waals surface area contributed by atoms with E-state index in [0.717, 1.165) is 19.3 Å². The molecule has 0 unspecified atom stereocenters. The zero-order chi connectivity index (χ0) is 14.7. The Hall–Kier alpha value is -2.51. The summed E-state index contributed by atoms with van der Waals surface area (Å²) >= 11 is 0. The summed E-state index contributed by atoms with van der Waals surface area (Å²) in [5, 5.41) is 11.0. The van der Waals surface area contributed by atoms with Crippen LogP contribution in [-0.2, 0) is 11.3 Å². The van der Waals surface area contributed by atoms with Crippen LogP contribution in [0.2, 0.25) is 0 Å². The molecule has 2 aromatic heterocycles. The highest BCUT2D eigenvalue weighted by atomic mass is 16.2. The average molecular weight is 288 g/mol. The smallest absolute Gasteiger partial charge is 0.266 e. The van der Waals surface area contributed by atoms with Crippen LogP contribution in [0.1, 0.15) is 19.3 Å². The minimum Gasteiger partial charge on any atom is -0.354 e. The number of carbonyl (C=O) groups excluding carboxylic acids is 1. The van der Waals surface area contributed by atoms with Crippen molar-refractivity contribution in [3.8, 4) is 5.82 Å². The number of amides is 1. The van der Waals surface area contributed by atoms with Crippen molar-refractivity contribution in [2.24, 2.45) is 5.92 Å². The standard InChI is InChI=1S/C13H16N6O2/c20-12-5-4-11(19-9-14-8-16-19)17-18(12)7-6-15-13(21)10-2-1-3-10/h4-5,8-10H,1-3,6-7H2,(H,15,21). The summed E-state index contributed by atoms with van der Waals surface area (Å²) in [5.41, 5.74) is -0.211. The van der Waals surface area contributed by atoms with E-state index >= 15 is 0 Å². The number of aromatic nitrogens is 5. The second-order valence-electron chi connectivity index (χ2n) is 5.01. The van der Waals surface area contributed by atoms with Gasteiger partial charge in [-0.1, -0.05) is 6.42 Å². The Kier molecular flexibility index (Phi) is 3.76. The van der Waals surface area contributed by atoms with Gasteiger partial charge in [0.05, 0.1) is 6.54 Å². The molecule has 0 saturated heterocycles. The number of nitrogens with one attached hydrogen (secondary N) is 1. The Morgan fingerprint density at radius 2 is 2.24 bits per heavy atom. The highest BCUT2D eigenvalue weighted by Crippen LogP contribution is 2.25. The van der Waals surface area contributed by atoms with E-state index in [1.807, 2.05) is 0 Å². The molecule has 0 aliphatic heterocycles. The Balaban J connectivity index is 1.63. The molecular weight excluding hydrogens is 272 g/mol. The van der Waals surface area contributed by atoms with Gasteiger partial charge in [-0.3, -0.25) is 9.59 Å². The first-order valence-corrected chi connectivity index (χ1v) is 6.95. The third-order valence-corrected chi connectivity index (χ3v) is 3.60. The normalized spacial score (nSPS) is 14.7. The van der Waals surface area contributed by atoms with Crippen molar-refractivity contribution in [1.29, 1.82) is 0 Å². The van der Waals surface area contributed by atoms with Gasteiger partial charge < -0.3 is 5.32 Å². The number of hydrogen-bond donors (Lipinski definition) is 1. The summed E-state index contributed by atoms with van der Waals surface area (Å²) in [5.74, 6) is 0.732. The molecule has 0 radical (unpaired) electrons. The van der Waals surface area contributed by atoms with E-state index in [4.69, 9.17) is 0 Å². The van der Waals surface area contributed by atoms with Crippen LogP contribution in [0.15, 0.2) is 29.6 Å². The first kappa shape index (κ1) is 13.5. The molecule has 8 nitrogen and oxygen atoms in total. The fourth-order valence-electron chi connectivity index (χ4n) is 2.15. The van der Waals surface area contributed by atoms with Gasteiger partial charge in [-0.25, -0.2) is 14.3 Å². The van der Waals surface area contributed by atoms with Gasteiger partial charge in [0, 0.05) is 18.5 Å². The predicted octanol–water partition coefficient (Wildman–Crippen LogP) is -0.260. The van der Waals surface area contributed by atoms with Gasteiger partial charge in [-0.15, -0.1) is 5.10 Å². The van der Waals surface area contributed by atoms with Crippen molar-refractivity contribution in [1.82, 2.24) is 29.9 Å². The predicted molar refractivity (Wildman–Crippen MR) is 73.8 cm³/mol. The van der Waals surface area contributed by atoms with Crippen molar-refractivity contribution in [3.63, 3.8) is 0 Å². The van der Waals surface area contributed by atoms with Gasteiger partial charge in [0.2, 0.25) is 5.91 Å². The van der Waals surface area contributed by atoms with Crippen LogP contribution in [0.3, 0.4) is 0 Å². The number of rotatable bonds is 5. The summed E-state index contributed by atoms with van der Waals surface area (Å²) in [6, 6.07) is 3.01. The molecule has 0 aromatic carbocycles. The Morgan fingerprint density at radius 3 is 2.90 bits per heavy atom. The fraction of sp³-hybridized carbons (Fsp3) is 0.462. The van der Waals surface area contributed by atoms with Crippen LogP contribution in [-0.4, -0.2) is 37.0 Å². The van der Waals surface area contributed by atoms with Crippen LogP contribution < -0.4 is 10.9 Å². The van der Waals surface area contributed by atoms with E-state index in [9.17, 15) is 9.59 Å². The minimum absolute atomic E-state index is 0.0710.